The molecule has 0 unspecified atom stereocenters. The summed E-state index contributed by atoms with van der Waals surface area (Å²) in [6.45, 7) is 8.35. The first-order valence-electron chi connectivity index (χ1n) is 7.80. The molecule has 0 aliphatic carbocycles. The molecule has 0 rings (SSSR count). The molecule has 0 radical (unpaired) electrons. The molecule has 0 aromatic carbocycles. The SMILES string of the molecule is CC(C)(C)OC(=O)NCCCNCCCNC(=O)CCN=[N+]=[N-]. The molecule has 9 nitrogen and oxygen atoms in total. The highest BCUT2D eigenvalue weighted by molar-refractivity contribution is 5.76. The minimum absolute atomic E-state index is 0.112. The minimum atomic E-state index is -0.478. The highest BCUT2D eigenvalue weighted by Crippen LogP contribution is 2.06. The fraction of sp³-hybridized carbons (Fsp3) is 0.857. The number of azide groups is 1. The Morgan fingerprint density at radius 3 is 2.26 bits per heavy atom. The van der Waals surface area contributed by atoms with Gasteiger partial charge in [-0.1, -0.05) is 5.11 Å². The summed E-state index contributed by atoms with van der Waals surface area (Å²) in [6, 6.07) is 0. The lowest BCUT2D eigenvalue weighted by Crippen LogP contribution is -2.34. The molecule has 0 heterocycles. The molecule has 0 saturated carbocycles. The molecule has 0 atom stereocenters. The zero-order valence-electron chi connectivity index (χ0n) is 14.2. The van der Waals surface area contributed by atoms with Gasteiger partial charge in [0.25, 0.3) is 0 Å². The smallest absolute Gasteiger partial charge is 0.407 e. The number of hydrogen-bond donors (Lipinski definition) is 3. The van der Waals surface area contributed by atoms with Crippen LogP contribution in [0.15, 0.2) is 5.11 Å². The van der Waals surface area contributed by atoms with Crippen molar-refractivity contribution in [1.29, 1.82) is 0 Å². The van der Waals surface area contributed by atoms with Crippen LogP contribution in [0.5, 0.6) is 0 Å². The molecule has 0 aliphatic heterocycles. The first kappa shape index (κ1) is 21.0. The number of nitrogens with zero attached hydrogens (tertiary/aromatic N) is 3. The number of amides is 2. The average molecular weight is 328 g/mol. The van der Waals surface area contributed by atoms with Crippen LogP contribution in [0.3, 0.4) is 0 Å². The number of carbonyl (C=O) groups excluding carboxylic acids is 2. The van der Waals surface area contributed by atoms with E-state index in [4.69, 9.17) is 10.3 Å². The fourth-order valence-electron chi connectivity index (χ4n) is 1.57. The standard InChI is InChI=1S/C14H28N6O3/c1-14(2,3)23-13(22)18-10-5-8-16-7-4-9-17-12(21)6-11-19-20-15/h16H,4-11H2,1-3H3,(H,17,21)(H,18,22). The van der Waals surface area contributed by atoms with Gasteiger partial charge in [-0.05, 0) is 52.2 Å². The van der Waals surface area contributed by atoms with E-state index in [1.165, 1.54) is 0 Å². The lowest BCUT2D eigenvalue weighted by molar-refractivity contribution is -0.120. The second-order valence-corrected chi connectivity index (χ2v) is 5.94. The van der Waals surface area contributed by atoms with Gasteiger partial charge in [-0.15, -0.1) is 0 Å². The van der Waals surface area contributed by atoms with E-state index in [0.717, 1.165) is 25.9 Å². The van der Waals surface area contributed by atoms with Crippen molar-refractivity contribution in [3.05, 3.63) is 10.4 Å². The minimum Gasteiger partial charge on any atom is -0.444 e. The summed E-state index contributed by atoms with van der Waals surface area (Å²) in [4.78, 5) is 25.2. The van der Waals surface area contributed by atoms with Gasteiger partial charge in [0, 0.05) is 31.0 Å². The highest BCUT2D eigenvalue weighted by atomic mass is 16.6. The Kier molecular flexibility index (Phi) is 11.5. The molecular formula is C14H28N6O3. The summed E-state index contributed by atoms with van der Waals surface area (Å²) in [5.74, 6) is -0.112. The normalized spacial score (nSPS) is 10.6. The van der Waals surface area contributed by atoms with E-state index in [1.54, 1.807) is 0 Å². The molecule has 0 aliphatic rings. The van der Waals surface area contributed by atoms with Crippen molar-refractivity contribution < 1.29 is 14.3 Å². The summed E-state index contributed by atoms with van der Waals surface area (Å²) in [6.07, 6.45) is 1.43. The maximum Gasteiger partial charge on any atom is 0.407 e. The van der Waals surface area contributed by atoms with Crippen molar-refractivity contribution in [2.24, 2.45) is 5.11 Å². The van der Waals surface area contributed by atoms with E-state index < -0.39 is 11.7 Å². The Morgan fingerprint density at radius 2 is 1.70 bits per heavy atom. The van der Waals surface area contributed by atoms with Gasteiger partial charge in [0.15, 0.2) is 0 Å². The van der Waals surface area contributed by atoms with Gasteiger partial charge in [0.2, 0.25) is 5.91 Å². The molecule has 0 bridgehead atoms. The van der Waals surface area contributed by atoms with Crippen LogP contribution in [-0.2, 0) is 9.53 Å². The Bertz CT molecular complexity index is 402. The number of hydrogen-bond acceptors (Lipinski definition) is 5. The Balaban J connectivity index is 3.35. The van der Waals surface area contributed by atoms with E-state index >= 15 is 0 Å². The van der Waals surface area contributed by atoms with Gasteiger partial charge in [-0.2, -0.15) is 0 Å². The first-order valence-corrected chi connectivity index (χ1v) is 7.80. The van der Waals surface area contributed by atoms with Crippen molar-refractivity contribution in [3.8, 4) is 0 Å². The summed E-state index contributed by atoms with van der Waals surface area (Å²) >= 11 is 0. The summed E-state index contributed by atoms with van der Waals surface area (Å²) in [7, 11) is 0. The van der Waals surface area contributed by atoms with E-state index in [0.29, 0.717) is 13.1 Å². The summed E-state index contributed by atoms with van der Waals surface area (Å²) in [5, 5.41) is 12.0. The molecule has 132 valence electrons. The first-order chi connectivity index (χ1) is 10.8. The Labute approximate surface area is 137 Å². The molecule has 0 saturated heterocycles. The van der Waals surface area contributed by atoms with Crippen LogP contribution in [0.25, 0.3) is 10.4 Å². The number of carbonyl (C=O) groups is 2. The van der Waals surface area contributed by atoms with E-state index in [-0.39, 0.29) is 18.9 Å². The maximum atomic E-state index is 11.4. The quantitative estimate of drug-likeness (QED) is 0.231. The number of rotatable bonds is 11. The van der Waals surface area contributed by atoms with E-state index in [1.807, 2.05) is 20.8 Å². The monoisotopic (exact) mass is 328 g/mol. The van der Waals surface area contributed by atoms with Crippen molar-refractivity contribution in [2.45, 2.75) is 45.6 Å². The molecule has 0 spiro atoms. The molecule has 3 N–H and O–H groups in total. The molecule has 23 heavy (non-hydrogen) atoms. The third kappa shape index (κ3) is 16.2. The van der Waals surface area contributed by atoms with Gasteiger partial charge >= 0.3 is 6.09 Å². The maximum absolute atomic E-state index is 11.4. The largest absolute Gasteiger partial charge is 0.444 e. The van der Waals surface area contributed by atoms with Crippen LogP contribution in [0.2, 0.25) is 0 Å². The van der Waals surface area contributed by atoms with Crippen LogP contribution in [0, 0.1) is 0 Å². The van der Waals surface area contributed by atoms with Gasteiger partial charge in [-0.25, -0.2) is 4.79 Å². The molecule has 9 heteroatoms. The van der Waals surface area contributed by atoms with E-state index in [9.17, 15) is 9.59 Å². The lowest BCUT2D eigenvalue weighted by Gasteiger charge is -2.19. The predicted octanol–water partition coefficient (Wildman–Crippen LogP) is 1.70. The number of nitrogens with one attached hydrogen (secondary N) is 3. The van der Waals surface area contributed by atoms with Gasteiger partial charge in [0.05, 0.1) is 0 Å². The van der Waals surface area contributed by atoms with Crippen LogP contribution in [-0.4, -0.2) is 50.3 Å². The van der Waals surface area contributed by atoms with Gasteiger partial charge < -0.3 is 20.7 Å². The zero-order valence-corrected chi connectivity index (χ0v) is 14.2. The highest BCUT2D eigenvalue weighted by Gasteiger charge is 2.15. The number of alkyl carbamates (subject to hydrolysis) is 1. The predicted molar refractivity (Wildman–Crippen MR) is 88.0 cm³/mol. The van der Waals surface area contributed by atoms with Gasteiger partial charge in [0.1, 0.15) is 5.60 Å². The summed E-state index contributed by atoms with van der Waals surface area (Å²) < 4.78 is 5.12. The molecular weight excluding hydrogens is 300 g/mol. The topological polar surface area (TPSA) is 128 Å². The van der Waals surface area contributed by atoms with Crippen LogP contribution >= 0.6 is 0 Å². The van der Waals surface area contributed by atoms with E-state index in [2.05, 4.69) is 26.0 Å². The zero-order chi connectivity index (χ0) is 17.6. The van der Waals surface area contributed by atoms with Crippen molar-refractivity contribution >= 4 is 12.0 Å². The van der Waals surface area contributed by atoms with Gasteiger partial charge in [-0.3, -0.25) is 4.79 Å². The third-order valence-electron chi connectivity index (χ3n) is 2.55. The second kappa shape index (κ2) is 12.5. The van der Waals surface area contributed by atoms with Crippen LogP contribution in [0.4, 0.5) is 4.79 Å². The van der Waals surface area contributed by atoms with Crippen LogP contribution < -0.4 is 16.0 Å². The fourth-order valence-corrected chi connectivity index (χ4v) is 1.57. The third-order valence-corrected chi connectivity index (χ3v) is 2.55. The second-order valence-electron chi connectivity index (χ2n) is 5.94. The average Bonchev–Trinajstić information content (AvgIpc) is 2.44. The molecule has 0 aromatic heterocycles. The molecule has 2 amide bonds. The lowest BCUT2D eigenvalue weighted by atomic mass is 10.2. The number of ether oxygens (including phenoxy) is 1. The molecule has 0 fully saturated rings. The Hall–Kier alpha value is -1.99. The van der Waals surface area contributed by atoms with Crippen molar-refractivity contribution in [3.63, 3.8) is 0 Å². The Morgan fingerprint density at radius 1 is 1.09 bits per heavy atom. The summed E-state index contributed by atoms with van der Waals surface area (Å²) in [5.41, 5.74) is 7.60. The van der Waals surface area contributed by atoms with Crippen molar-refractivity contribution in [2.75, 3.05) is 32.7 Å². The van der Waals surface area contributed by atoms with Crippen molar-refractivity contribution in [1.82, 2.24) is 16.0 Å². The molecule has 0 aromatic rings. The van der Waals surface area contributed by atoms with Crippen LogP contribution in [0.1, 0.15) is 40.0 Å².